The number of hydrogen-bond acceptors (Lipinski definition) is 3. The maximum atomic E-state index is 11.3. The Labute approximate surface area is 95.9 Å². The van der Waals surface area contributed by atoms with Gasteiger partial charge in [-0.3, -0.25) is 4.79 Å². The smallest absolute Gasteiger partial charge is 0.326 e. The highest BCUT2D eigenvalue weighted by molar-refractivity contribution is 5.83. The Bertz CT molecular complexity index is 218. The molecule has 0 heterocycles. The van der Waals surface area contributed by atoms with E-state index < -0.39 is 12.0 Å². The lowest BCUT2D eigenvalue weighted by atomic mass is 10.1. The van der Waals surface area contributed by atoms with Crippen LogP contribution < -0.4 is 5.32 Å². The highest BCUT2D eigenvalue weighted by Gasteiger charge is 2.18. The first-order valence-corrected chi connectivity index (χ1v) is 5.74. The molecule has 0 aromatic carbocycles. The third-order valence-electron chi connectivity index (χ3n) is 2.31. The van der Waals surface area contributed by atoms with Gasteiger partial charge in [0.15, 0.2) is 0 Å². The molecule has 0 saturated carbocycles. The van der Waals surface area contributed by atoms with Gasteiger partial charge in [0, 0.05) is 19.4 Å². The number of aliphatic hydroxyl groups excluding tert-OH is 1. The van der Waals surface area contributed by atoms with Gasteiger partial charge in [0.05, 0.1) is 0 Å². The number of aliphatic carboxylic acids is 1. The van der Waals surface area contributed by atoms with Crippen molar-refractivity contribution in [2.24, 2.45) is 0 Å². The summed E-state index contributed by atoms with van der Waals surface area (Å²) in [6, 6.07) is -0.969. The largest absolute Gasteiger partial charge is 0.480 e. The fourth-order valence-corrected chi connectivity index (χ4v) is 1.37. The van der Waals surface area contributed by atoms with Gasteiger partial charge in [-0.25, -0.2) is 4.79 Å². The normalized spacial score (nSPS) is 12.1. The van der Waals surface area contributed by atoms with Crippen molar-refractivity contribution in [2.45, 2.75) is 51.5 Å². The summed E-state index contributed by atoms with van der Waals surface area (Å²) in [5.41, 5.74) is 0. The summed E-state index contributed by atoms with van der Waals surface area (Å²) in [5, 5.41) is 19.8. The summed E-state index contributed by atoms with van der Waals surface area (Å²) in [7, 11) is 0. The highest BCUT2D eigenvalue weighted by atomic mass is 16.4. The Balaban J connectivity index is 3.77. The molecule has 0 aromatic rings. The van der Waals surface area contributed by atoms with Crippen LogP contribution in [0.4, 0.5) is 0 Å². The Hall–Kier alpha value is -1.10. The van der Waals surface area contributed by atoms with Crippen LogP contribution in [0.3, 0.4) is 0 Å². The third-order valence-corrected chi connectivity index (χ3v) is 2.31. The van der Waals surface area contributed by atoms with Gasteiger partial charge >= 0.3 is 5.97 Å². The molecule has 94 valence electrons. The number of carboxylic acids is 1. The van der Waals surface area contributed by atoms with Gasteiger partial charge in [0.25, 0.3) is 0 Å². The molecule has 5 nitrogen and oxygen atoms in total. The number of carbonyl (C=O) groups is 2. The molecule has 5 heteroatoms. The molecule has 16 heavy (non-hydrogen) atoms. The zero-order chi connectivity index (χ0) is 12.4. The summed E-state index contributed by atoms with van der Waals surface area (Å²) in [4.78, 5) is 22.0. The predicted octanol–water partition coefficient (Wildman–Crippen LogP) is 0.909. The average Bonchev–Trinajstić information content (AvgIpc) is 2.23. The third kappa shape index (κ3) is 7.23. The Morgan fingerprint density at radius 3 is 2.44 bits per heavy atom. The second kappa shape index (κ2) is 9.15. The van der Waals surface area contributed by atoms with Crippen LogP contribution in [0, 0.1) is 0 Å². The van der Waals surface area contributed by atoms with E-state index in [-0.39, 0.29) is 18.9 Å². The molecule has 0 aliphatic rings. The molecular weight excluding hydrogens is 210 g/mol. The van der Waals surface area contributed by atoms with E-state index in [2.05, 4.69) is 12.2 Å². The molecule has 0 aromatic heterocycles. The van der Waals surface area contributed by atoms with E-state index in [1.807, 2.05) is 0 Å². The van der Waals surface area contributed by atoms with Crippen molar-refractivity contribution in [1.82, 2.24) is 5.32 Å². The molecule has 1 amide bonds. The summed E-state index contributed by atoms with van der Waals surface area (Å²) in [5.74, 6) is -1.35. The minimum Gasteiger partial charge on any atom is -0.480 e. The number of aliphatic hydroxyl groups is 1. The van der Waals surface area contributed by atoms with E-state index in [9.17, 15) is 9.59 Å². The molecule has 0 unspecified atom stereocenters. The molecule has 1 atom stereocenters. The molecule has 0 aliphatic carbocycles. The maximum absolute atomic E-state index is 11.3. The second-order valence-electron chi connectivity index (χ2n) is 3.78. The van der Waals surface area contributed by atoms with Crippen molar-refractivity contribution in [1.29, 1.82) is 0 Å². The van der Waals surface area contributed by atoms with Crippen LogP contribution in [0.15, 0.2) is 0 Å². The number of nitrogens with one attached hydrogen (secondary N) is 1. The van der Waals surface area contributed by atoms with Gasteiger partial charge < -0.3 is 15.5 Å². The lowest BCUT2D eigenvalue weighted by molar-refractivity contribution is -0.142. The van der Waals surface area contributed by atoms with E-state index in [0.717, 1.165) is 25.7 Å². The zero-order valence-electron chi connectivity index (χ0n) is 9.74. The van der Waals surface area contributed by atoms with Crippen LogP contribution in [0.25, 0.3) is 0 Å². The molecule has 0 saturated heterocycles. The molecular formula is C11H21NO4. The number of amides is 1. The van der Waals surface area contributed by atoms with Crippen LogP contribution >= 0.6 is 0 Å². The monoisotopic (exact) mass is 231 g/mol. The average molecular weight is 231 g/mol. The van der Waals surface area contributed by atoms with Crippen LogP contribution in [0.1, 0.15) is 45.4 Å². The quantitative estimate of drug-likeness (QED) is 0.515. The first-order chi connectivity index (χ1) is 7.61. The highest BCUT2D eigenvalue weighted by Crippen LogP contribution is 2.03. The van der Waals surface area contributed by atoms with Crippen molar-refractivity contribution in [3.63, 3.8) is 0 Å². The van der Waals surface area contributed by atoms with Crippen molar-refractivity contribution < 1.29 is 19.8 Å². The maximum Gasteiger partial charge on any atom is 0.326 e. The lowest BCUT2D eigenvalue weighted by Crippen LogP contribution is -2.41. The van der Waals surface area contributed by atoms with Crippen LogP contribution in [0.2, 0.25) is 0 Å². The molecule has 0 aliphatic heterocycles. The lowest BCUT2D eigenvalue weighted by Gasteiger charge is -2.12. The molecule has 0 bridgehead atoms. The summed E-state index contributed by atoms with van der Waals surface area (Å²) in [6.07, 6.45) is 4.37. The van der Waals surface area contributed by atoms with Gasteiger partial charge in [0.1, 0.15) is 6.04 Å². The van der Waals surface area contributed by atoms with Crippen molar-refractivity contribution in [3.8, 4) is 0 Å². The van der Waals surface area contributed by atoms with Crippen LogP contribution in [-0.4, -0.2) is 34.7 Å². The molecule has 0 rings (SSSR count). The van der Waals surface area contributed by atoms with Crippen molar-refractivity contribution in [2.75, 3.05) is 6.61 Å². The van der Waals surface area contributed by atoms with Gasteiger partial charge in [-0.1, -0.05) is 26.2 Å². The topological polar surface area (TPSA) is 86.6 Å². The Morgan fingerprint density at radius 1 is 1.25 bits per heavy atom. The molecule has 0 radical (unpaired) electrons. The summed E-state index contributed by atoms with van der Waals surface area (Å²) in [6.45, 7) is 1.84. The van der Waals surface area contributed by atoms with E-state index in [1.54, 1.807) is 0 Å². The van der Waals surface area contributed by atoms with Crippen molar-refractivity contribution >= 4 is 11.9 Å². The van der Waals surface area contributed by atoms with E-state index >= 15 is 0 Å². The summed E-state index contributed by atoms with van der Waals surface area (Å²) >= 11 is 0. The Kier molecular flexibility index (Phi) is 8.52. The van der Waals surface area contributed by atoms with E-state index in [4.69, 9.17) is 10.2 Å². The molecule has 0 fully saturated rings. The van der Waals surface area contributed by atoms with E-state index in [0.29, 0.717) is 6.42 Å². The number of unbranched alkanes of at least 4 members (excludes halogenated alkanes) is 3. The van der Waals surface area contributed by atoms with Crippen LogP contribution in [0.5, 0.6) is 0 Å². The van der Waals surface area contributed by atoms with Gasteiger partial charge in [-0.05, 0) is 6.42 Å². The van der Waals surface area contributed by atoms with Gasteiger partial charge in [-0.2, -0.15) is 0 Å². The number of carboxylic acid groups (broad SMARTS) is 1. The van der Waals surface area contributed by atoms with Gasteiger partial charge in [-0.15, -0.1) is 0 Å². The minimum atomic E-state index is -1.10. The first-order valence-electron chi connectivity index (χ1n) is 5.74. The fraction of sp³-hybridized carbons (Fsp3) is 0.818. The van der Waals surface area contributed by atoms with E-state index in [1.165, 1.54) is 0 Å². The van der Waals surface area contributed by atoms with Crippen molar-refractivity contribution in [3.05, 3.63) is 0 Å². The SMILES string of the molecule is CCCCCCC(=O)N[C@H](CCO)C(=O)O. The number of carbonyl (C=O) groups excluding carboxylic acids is 1. The minimum absolute atomic E-state index is 0.0516. The van der Waals surface area contributed by atoms with Gasteiger partial charge in [0.2, 0.25) is 5.91 Å². The Morgan fingerprint density at radius 2 is 1.94 bits per heavy atom. The van der Waals surface area contributed by atoms with Crippen LogP contribution in [-0.2, 0) is 9.59 Å². The number of hydrogen-bond donors (Lipinski definition) is 3. The number of rotatable bonds is 9. The predicted molar refractivity (Wildman–Crippen MR) is 60.0 cm³/mol. The molecule has 0 spiro atoms. The standard InChI is InChI=1S/C11H21NO4/c1-2-3-4-5-6-10(14)12-9(7-8-13)11(15)16/h9,13H,2-8H2,1H3,(H,12,14)(H,15,16)/t9-/m1/s1. The summed E-state index contributed by atoms with van der Waals surface area (Å²) < 4.78 is 0. The first kappa shape index (κ1) is 14.9. The second-order valence-corrected chi connectivity index (χ2v) is 3.78. The fourth-order valence-electron chi connectivity index (χ4n) is 1.37. The zero-order valence-corrected chi connectivity index (χ0v) is 9.74. The molecule has 3 N–H and O–H groups in total.